The predicted molar refractivity (Wildman–Crippen MR) is 135 cm³/mol. The van der Waals surface area contributed by atoms with E-state index in [2.05, 4.69) is 0 Å². The maximum absolute atomic E-state index is 11.9. The number of carbonyl (C=O) groups excluding carboxylic acids is 2. The van der Waals surface area contributed by atoms with Crippen LogP contribution in [0.5, 0.6) is 0 Å². The van der Waals surface area contributed by atoms with Gasteiger partial charge < -0.3 is 105 Å². The molecule has 0 radical (unpaired) electrons. The minimum absolute atomic E-state index is 0. The molecule has 0 aromatic carbocycles. The minimum atomic E-state index is -2.03. The van der Waals surface area contributed by atoms with Gasteiger partial charge in [0.1, 0.15) is 61.0 Å². The molecule has 21 nitrogen and oxygen atoms in total. The molecule has 0 unspecified atom stereocenters. The summed E-state index contributed by atoms with van der Waals surface area (Å²) in [5.41, 5.74) is 12.0. The van der Waals surface area contributed by atoms with E-state index in [4.69, 9.17) is 44.6 Å². The molecule has 0 aromatic heterocycles. The van der Waals surface area contributed by atoms with Crippen LogP contribution in [-0.4, -0.2) is 200 Å². The van der Waals surface area contributed by atoms with Gasteiger partial charge in [0.05, 0.1) is 37.5 Å². The summed E-state index contributed by atoms with van der Waals surface area (Å²) in [4.78, 5) is 23.0. The van der Waals surface area contributed by atoms with Gasteiger partial charge in [0.15, 0.2) is 25.2 Å². The van der Waals surface area contributed by atoms with Crippen LogP contribution in [0.3, 0.4) is 0 Å². The van der Waals surface area contributed by atoms with Crippen LogP contribution >= 0.6 is 0 Å². The molecule has 23 heteroatoms. The number of ether oxygens (including phenoxy) is 7. The fourth-order valence-corrected chi connectivity index (χ4v) is 5.38. The van der Waals surface area contributed by atoms with Gasteiger partial charge >= 0.3 is 0 Å². The molecule has 272 valence electrons. The molecule has 14 N–H and O–H groups in total. The van der Waals surface area contributed by atoms with E-state index < -0.39 is 136 Å². The minimum Gasteiger partial charge on any atom is -0.539 e. The molecule has 4 fully saturated rings. The Kier molecular flexibility index (Phi) is 16.9. The van der Waals surface area contributed by atoms with E-state index in [1.807, 2.05) is 0 Å². The third-order valence-corrected chi connectivity index (χ3v) is 8.04. The van der Waals surface area contributed by atoms with Crippen LogP contribution in [0.25, 0.3) is 0 Å². The number of rotatable bonds is 10. The molecular formula is C24H38Mo2N2O19-2. The largest absolute Gasteiger partial charge is 0.539 e. The summed E-state index contributed by atoms with van der Waals surface area (Å²) in [7, 11) is 0. The fourth-order valence-electron chi connectivity index (χ4n) is 5.38. The molecule has 0 aliphatic carbocycles. The number of hydrogen-bond donors (Lipinski definition) is 12. The van der Waals surface area contributed by atoms with Crippen LogP contribution in [0, 0.1) is 0 Å². The van der Waals surface area contributed by atoms with Crippen LogP contribution < -0.4 is 11.5 Å². The molecule has 47 heavy (non-hydrogen) atoms. The predicted octanol–water partition coefficient (Wildman–Crippen LogP) is -9.59. The van der Waals surface area contributed by atoms with E-state index in [0.717, 1.165) is 0 Å². The van der Waals surface area contributed by atoms with Crippen molar-refractivity contribution in [2.45, 2.75) is 123 Å². The number of aliphatic hydroxyl groups excluding tert-OH is 10. The van der Waals surface area contributed by atoms with Gasteiger partial charge in [0.2, 0.25) is 0 Å². The second-order valence-electron chi connectivity index (χ2n) is 10.9. The first-order valence-corrected chi connectivity index (χ1v) is 13.8. The van der Waals surface area contributed by atoms with E-state index >= 15 is 0 Å². The van der Waals surface area contributed by atoms with Crippen molar-refractivity contribution in [3.63, 3.8) is 0 Å². The summed E-state index contributed by atoms with van der Waals surface area (Å²) >= 11 is 0. The first kappa shape index (κ1) is 43.1. The molecule has 4 saturated heterocycles. The zero-order valence-electron chi connectivity index (χ0n) is 24.1. The van der Waals surface area contributed by atoms with Crippen molar-refractivity contribution in [3.05, 3.63) is 0 Å². The van der Waals surface area contributed by atoms with Crippen molar-refractivity contribution in [2.75, 3.05) is 13.2 Å². The Hall–Kier alpha value is -0.0434. The second-order valence-corrected chi connectivity index (χ2v) is 10.9. The van der Waals surface area contributed by atoms with Crippen molar-refractivity contribution in [3.8, 4) is 0 Å². The van der Waals surface area contributed by atoms with Crippen LogP contribution in [-0.2, 0) is 84.9 Å². The molecule has 0 saturated carbocycles. The number of nitrogens with two attached hydrogens (primary N) is 2. The zero-order valence-corrected chi connectivity index (χ0v) is 28.1. The van der Waals surface area contributed by atoms with Gasteiger partial charge in [-0.05, 0) is 12.2 Å². The molecule has 4 aliphatic heterocycles. The third-order valence-electron chi connectivity index (χ3n) is 8.04. The summed E-state index contributed by atoms with van der Waals surface area (Å²) in [6.07, 6.45) is -29.1. The molecule has 0 aromatic rings. The van der Waals surface area contributed by atoms with Gasteiger partial charge in [0, 0.05) is 42.1 Å². The zero-order chi connectivity index (χ0) is 33.3. The molecule has 4 aliphatic rings. The first-order valence-electron chi connectivity index (χ1n) is 13.8. The standard InChI is InChI=1S/C24H38N2O19.2Mo/c25-9-19(12(32)6(2-28)39-21(9)38)44-24-17(37)15(35)18(8(4-30)42-24)43-22-10(26)20(13(33)7(3-29)40-22)45-23-16(36)14(34)11(31)5(1-27)41-23;;/h5-24,28-29,31-38H,2-3,25-26H2;;/q-2;;/t5-,6-,7-,8-,9-,10-,11-,12-,13-,14+,15-,16-,17-,18-,19-,20-,21-,22+,23+,24+;;/m1../s1. The maximum Gasteiger partial charge on any atom is 0.184 e. The van der Waals surface area contributed by atoms with E-state index in [-0.39, 0.29) is 42.1 Å². The number of hydrogen-bond acceptors (Lipinski definition) is 21. The summed E-state index contributed by atoms with van der Waals surface area (Å²) < 4.78 is 37.6. The molecule has 0 spiro atoms. The molecular weight excluding hydrogens is 812 g/mol. The smallest absolute Gasteiger partial charge is 0.184 e. The van der Waals surface area contributed by atoms with Gasteiger partial charge in [-0.3, -0.25) is 0 Å². The SMILES string of the molecule is N[C@@H]1[C@@H](O[C@@H]2O[C@H]([C-]=O)[C@@H](O[C@@H]3O[C@H](CO)[C@@H](O)[C@H](O[C@@H]4O[C@H]([C-]=O)[C@@H](O)[C@H](O)[C@H]4O)[C@H]3N)[C@H](O)[C@H]2O)[C@H](O)[C@@H](CO)O[C@H]1O.[Mo].[Mo]. The topological polar surface area (TPSA) is 353 Å². The Morgan fingerprint density at radius 2 is 0.957 bits per heavy atom. The monoisotopic (exact) mass is 854 g/mol. The van der Waals surface area contributed by atoms with E-state index in [0.29, 0.717) is 0 Å². The molecule has 20 atom stereocenters. The van der Waals surface area contributed by atoms with Gasteiger partial charge in [-0.2, -0.15) is 0 Å². The summed E-state index contributed by atoms with van der Waals surface area (Å²) in [5, 5.41) is 102. The Morgan fingerprint density at radius 1 is 0.511 bits per heavy atom. The Labute approximate surface area is 295 Å². The Bertz CT molecular complexity index is 997. The quantitative estimate of drug-likeness (QED) is 0.0717. The van der Waals surface area contributed by atoms with Crippen molar-refractivity contribution >= 4 is 12.6 Å². The summed E-state index contributed by atoms with van der Waals surface area (Å²) in [5.74, 6) is 0. The average molecular weight is 850 g/mol. The van der Waals surface area contributed by atoms with Crippen LogP contribution in [0.2, 0.25) is 0 Å². The van der Waals surface area contributed by atoms with Crippen molar-refractivity contribution in [1.82, 2.24) is 0 Å². The van der Waals surface area contributed by atoms with Crippen LogP contribution in [0.4, 0.5) is 0 Å². The second kappa shape index (κ2) is 18.4. The molecule has 0 amide bonds. The van der Waals surface area contributed by atoms with Crippen LogP contribution in [0.1, 0.15) is 0 Å². The molecule has 0 bridgehead atoms. The normalized spacial score (nSPS) is 50.5. The van der Waals surface area contributed by atoms with Gasteiger partial charge in [-0.15, -0.1) is 0 Å². The van der Waals surface area contributed by atoms with E-state index in [1.165, 1.54) is 12.6 Å². The van der Waals surface area contributed by atoms with Crippen molar-refractivity contribution < 1.29 is 136 Å². The van der Waals surface area contributed by atoms with E-state index in [9.17, 15) is 60.7 Å². The van der Waals surface area contributed by atoms with Gasteiger partial charge in [-0.1, -0.05) is 0 Å². The number of aliphatic hydroxyl groups is 10. The van der Waals surface area contributed by atoms with Crippen molar-refractivity contribution in [2.24, 2.45) is 11.5 Å². The Morgan fingerprint density at radius 3 is 1.47 bits per heavy atom. The Balaban J connectivity index is 0.00000384. The summed E-state index contributed by atoms with van der Waals surface area (Å²) in [6, 6.07) is -3.01. The van der Waals surface area contributed by atoms with Gasteiger partial charge in [0.25, 0.3) is 0 Å². The van der Waals surface area contributed by atoms with Gasteiger partial charge in [-0.25, -0.2) is 12.6 Å². The first-order chi connectivity index (χ1) is 21.3. The summed E-state index contributed by atoms with van der Waals surface area (Å²) in [6.45, 7) is -1.61. The third kappa shape index (κ3) is 8.89. The van der Waals surface area contributed by atoms with E-state index in [1.54, 1.807) is 0 Å². The molecule has 4 heterocycles. The maximum atomic E-state index is 11.9. The average Bonchev–Trinajstić information content (AvgIpc) is 3.03. The van der Waals surface area contributed by atoms with Crippen LogP contribution in [0.15, 0.2) is 0 Å². The van der Waals surface area contributed by atoms with Crippen molar-refractivity contribution in [1.29, 1.82) is 0 Å². The fraction of sp³-hybridized carbons (Fsp3) is 0.917. The molecule has 4 rings (SSSR count).